The molecule has 0 saturated heterocycles. The standard InChI is InChI=1S/C11H8ClFN2/c12-10-5-6-14-11(15-10)7-8-1-3-9(13)4-2-8/h1-6H,7H2. The lowest BCUT2D eigenvalue weighted by molar-refractivity contribution is 0.627. The average molecular weight is 223 g/mol. The van der Waals surface area contributed by atoms with Gasteiger partial charge in [0.15, 0.2) is 0 Å². The minimum absolute atomic E-state index is 0.245. The fourth-order valence-electron chi connectivity index (χ4n) is 1.24. The van der Waals surface area contributed by atoms with Crippen molar-refractivity contribution in [1.29, 1.82) is 0 Å². The molecule has 2 rings (SSSR count). The van der Waals surface area contributed by atoms with Gasteiger partial charge < -0.3 is 0 Å². The minimum Gasteiger partial charge on any atom is -0.241 e. The molecule has 1 heterocycles. The summed E-state index contributed by atoms with van der Waals surface area (Å²) in [6, 6.07) is 7.87. The van der Waals surface area contributed by atoms with Crippen molar-refractivity contribution in [3.05, 3.63) is 58.9 Å². The van der Waals surface area contributed by atoms with E-state index in [1.807, 2.05) is 0 Å². The number of rotatable bonds is 2. The van der Waals surface area contributed by atoms with Crippen molar-refractivity contribution in [2.24, 2.45) is 0 Å². The SMILES string of the molecule is Fc1ccc(Cc2nccc(Cl)n2)cc1. The number of aromatic nitrogens is 2. The van der Waals surface area contributed by atoms with Crippen molar-refractivity contribution in [2.75, 3.05) is 0 Å². The Balaban J connectivity index is 2.18. The Kier molecular flexibility index (Phi) is 2.92. The second-order valence-corrected chi connectivity index (χ2v) is 3.49. The first-order chi connectivity index (χ1) is 7.24. The predicted molar refractivity (Wildman–Crippen MR) is 56.2 cm³/mol. The molecule has 0 bridgehead atoms. The van der Waals surface area contributed by atoms with Gasteiger partial charge in [0.1, 0.15) is 16.8 Å². The summed E-state index contributed by atoms with van der Waals surface area (Å²) >= 11 is 5.73. The molecule has 0 saturated carbocycles. The molecule has 0 atom stereocenters. The smallest absolute Gasteiger partial charge is 0.134 e. The van der Waals surface area contributed by atoms with E-state index in [1.54, 1.807) is 24.4 Å². The second-order valence-electron chi connectivity index (χ2n) is 3.10. The lowest BCUT2D eigenvalue weighted by atomic mass is 10.1. The molecule has 2 nitrogen and oxygen atoms in total. The van der Waals surface area contributed by atoms with Crippen molar-refractivity contribution < 1.29 is 4.39 Å². The molecule has 0 fully saturated rings. The van der Waals surface area contributed by atoms with Crippen LogP contribution in [0.1, 0.15) is 11.4 Å². The van der Waals surface area contributed by atoms with Gasteiger partial charge in [0.2, 0.25) is 0 Å². The van der Waals surface area contributed by atoms with Gasteiger partial charge in [-0.2, -0.15) is 0 Å². The van der Waals surface area contributed by atoms with Gasteiger partial charge in [-0.25, -0.2) is 14.4 Å². The fraction of sp³-hybridized carbons (Fsp3) is 0.0909. The Bertz CT molecular complexity index is 456. The molecule has 1 aromatic heterocycles. The first kappa shape index (κ1) is 10.1. The van der Waals surface area contributed by atoms with Crippen LogP contribution < -0.4 is 0 Å². The van der Waals surface area contributed by atoms with Crippen LogP contribution in [0.3, 0.4) is 0 Å². The maximum Gasteiger partial charge on any atom is 0.134 e. The number of nitrogens with zero attached hydrogens (tertiary/aromatic N) is 2. The van der Waals surface area contributed by atoms with E-state index in [4.69, 9.17) is 11.6 Å². The van der Waals surface area contributed by atoms with Crippen LogP contribution in [-0.2, 0) is 6.42 Å². The van der Waals surface area contributed by atoms with Crippen molar-refractivity contribution in [1.82, 2.24) is 9.97 Å². The Morgan fingerprint density at radius 3 is 2.53 bits per heavy atom. The van der Waals surface area contributed by atoms with Gasteiger partial charge in [-0.3, -0.25) is 0 Å². The summed E-state index contributed by atoms with van der Waals surface area (Å²) in [5.74, 6) is 0.389. The molecule has 0 aliphatic rings. The number of benzene rings is 1. The first-order valence-corrected chi connectivity index (χ1v) is 4.84. The van der Waals surface area contributed by atoms with E-state index in [9.17, 15) is 4.39 Å². The Morgan fingerprint density at radius 1 is 1.13 bits per heavy atom. The maximum absolute atomic E-state index is 12.6. The van der Waals surface area contributed by atoms with Gasteiger partial charge in [0.25, 0.3) is 0 Å². The minimum atomic E-state index is -0.245. The van der Waals surface area contributed by atoms with Crippen LogP contribution >= 0.6 is 11.6 Å². The predicted octanol–water partition coefficient (Wildman–Crippen LogP) is 2.86. The third-order valence-corrected chi connectivity index (χ3v) is 2.16. The van der Waals surface area contributed by atoms with Crippen LogP contribution in [0.25, 0.3) is 0 Å². The third kappa shape index (κ3) is 2.73. The zero-order chi connectivity index (χ0) is 10.7. The fourth-order valence-corrected chi connectivity index (χ4v) is 1.40. The molecule has 0 spiro atoms. The molecule has 76 valence electrons. The van der Waals surface area contributed by atoms with Gasteiger partial charge in [0.05, 0.1) is 0 Å². The van der Waals surface area contributed by atoms with Crippen molar-refractivity contribution in [2.45, 2.75) is 6.42 Å². The van der Waals surface area contributed by atoms with E-state index < -0.39 is 0 Å². The van der Waals surface area contributed by atoms with E-state index in [0.29, 0.717) is 17.4 Å². The van der Waals surface area contributed by atoms with E-state index in [0.717, 1.165) is 5.56 Å². The maximum atomic E-state index is 12.6. The summed E-state index contributed by atoms with van der Waals surface area (Å²) in [4.78, 5) is 8.12. The molecule has 4 heteroatoms. The van der Waals surface area contributed by atoms with Gasteiger partial charge in [-0.1, -0.05) is 23.7 Å². The number of halogens is 2. The average Bonchev–Trinajstić information content (AvgIpc) is 2.22. The van der Waals surface area contributed by atoms with Crippen LogP contribution in [-0.4, -0.2) is 9.97 Å². The summed E-state index contributed by atoms with van der Waals surface area (Å²) in [6.45, 7) is 0. The summed E-state index contributed by atoms with van der Waals surface area (Å²) in [6.07, 6.45) is 2.16. The molecule has 0 aliphatic heterocycles. The van der Waals surface area contributed by atoms with Crippen LogP contribution in [0, 0.1) is 5.82 Å². The van der Waals surface area contributed by atoms with Crippen LogP contribution in [0.4, 0.5) is 4.39 Å². The summed E-state index contributed by atoms with van der Waals surface area (Å²) in [5, 5.41) is 0.419. The molecule has 0 radical (unpaired) electrons. The zero-order valence-electron chi connectivity index (χ0n) is 7.82. The summed E-state index contributed by atoms with van der Waals surface area (Å²) < 4.78 is 12.6. The molecule has 0 N–H and O–H groups in total. The quantitative estimate of drug-likeness (QED) is 0.731. The molecule has 1 aromatic carbocycles. The van der Waals surface area contributed by atoms with Crippen molar-refractivity contribution >= 4 is 11.6 Å². The number of hydrogen-bond acceptors (Lipinski definition) is 2. The Labute approximate surface area is 91.8 Å². The molecular formula is C11H8ClFN2. The van der Waals surface area contributed by atoms with E-state index in [-0.39, 0.29) is 5.82 Å². The monoisotopic (exact) mass is 222 g/mol. The normalized spacial score (nSPS) is 10.3. The van der Waals surface area contributed by atoms with Gasteiger partial charge in [-0.15, -0.1) is 0 Å². The lowest BCUT2D eigenvalue weighted by Gasteiger charge is -2.00. The largest absolute Gasteiger partial charge is 0.241 e. The Morgan fingerprint density at radius 2 is 1.87 bits per heavy atom. The lowest BCUT2D eigenvalue weighted by Crippen LogP contribution is -1.95. The van der Waals surface area contributed by atoms with E-state index >= 15 is 0 Å². The van der Waals surface area contributed by atoms with Crippen molar-refractivity contribution in [3.63, 3.8) is 0 Å². The van der Waals surface area contributed by atoms with Gasteiger partial charge >= 0.3 is 0 Å². The van der Waals surface area contributed by atoms with Crippen molar-refractivity contribution in [3.8, 4) is 0 Å². The second kappa shape index (κ2) is 4.36. The van der Waals surface area contributed by atoms with Gasteiger partial charge in [0, 0.05) is 12.6 Å². The third-order valence-electron chi connectivity index (χ3n) is 1.95. The van der Waals surface area contributed by atoms with E-state index in [1.165, 1.54) is 12.1 Å². The van der Waals surface area contributed by atoms with E-state index in [2.05, 4.69) is 9.97 Å². The summed E-state index contributed by atoms with van der Waals surface area (Å²) in [7, 11) is 0. The van der Waals surface area contributed by atoms with Crippen LogP contribution in [0.15, 0.2) is 36.5 Å². The Hall–Kier alpha value is -1.48. The zero-order valence-corrected chi connectivity index (χ0v) is 8.58. The summed E-state index contributed by atoms with van der Waals surface area (Å²) in [5.41, 5.74) is 0.957. The number of hydrogen-bond donors (Lipinski definition) is 0. The topological polar surface area (TPSA) is 25.8 Å². The molecular weight excluding hydrogens is 215 g/mol. The molecule has 0 aliphatic carbocycles. The highest BCUT2D eigenvalue weighted by Gasteiger charge is 2.00. The first-order valence-electron chi connectivity index (χ1n) is 4.46. The molecule has 15 heavy (non-hydrogen) atoms. The van der Waals surface area contributed by atoms with Gasteiger partial charge in [-0.05, 0) is 23.8 Å². The highest BCUT2D eigenvalue weighted by atomic mass is 35.5. The molecule has 2 aromatic rings. The highest BCUT2D eigenvalue weighted by Crippen LogP contribution is 2.09. The highest BCUT2D eigenvalue weighted by molar-refractivity contribution is 6.29. The molecule has 0 unspecified atom stereocenters. The van der Waals surface area contributed by atoms with Crippen LogP contribution in [0.5, 0.6) is 0 Å². The molecule has 0 amide bonds. The van der Waals surface area contributed by atoms with Crippen LogP contribution in [0.2, 0.25) is 5.15 Å².